The van der Waals surface area contributed by atoms with E-state index in [2.05, 4.69) is 16.0 Å². The summed E-state index contributed by atoms with van der Waals surface area (Å²) in [5, 5.41) is 4.73. The summed E-state index contributed by atoms with van der Waals surface area (Å²) in [4.78, 5) is 17.0. The van der Waals surface area contributed by atoms with Crippen LogP contribution in [0.3, 0.4) is 0 Å². The minimum Gasteiger partial charge on any atom is -0.377 e. The first-order valence-corrected chi connectivity index (χ1v) is 11.2. The number of hydrogen-bond acceptors (Lipinski definition) is 6. The smallest absolute Gasteiger partial charge is 0.240 e. The molecule has 2 N–H and O–H groups in total. The van der Waals surface area contributed by atoms with Crippen LogP contribution in [0.2, 0.25) is 0 Å². The van der Waals surface area contributed by atoms with Gasteiger partial charge in [-0.2, -0.15) is 4.99 Å². The summed E-state index contributed by atoms with van der Waals surface area (Å²) >= 11 is 0. The molecular weight excluding hydrogens is 366 g/mol. The molecule has 1 heterocycles. The minimum atomic E-state index is -3.40. The van der Waals surface area contributed by atoms with Gasteiger partial charge >= 0.3 is 0 Å². The van der Waals surface area contributed by atoms with Gasteiger partial charge in [-0.25, -0.2) is 18.4 Å². The average Bonchev–Trinajstić information content (AvgIpc) is 3.17. The molecule has 1 aromatic carbocycles. The molecule has 1 saturated heterocycles. The lowest BCUT2D eigenvalue weighted by molar-refractivity contribution is 0.0497. The number of rotatable bonds is 7. The maximum absolute atomic E-state index is 11.2. The summed E-state index contributed by atoms with van der Waals surface area (Å²) in [6, 6.07) is 2.28. The Kier molecular flexibility index (Phi) is 5.18. The molecule has 1 fully saturated rings. The number of fused-ring (bicyclic) bond motifs is 2. The first-order valence-electron chi connectivity index (χ1n) is 9.55. The molecular formula is C19H25N3O4S. The molecule has 0 spiro atoms. The number of hydrogen-bond donors (Lipinski definition) is 1. The van der Waals surface area contributed by atoms with Crippen LogP contribution < -0.4 is 5.14 Å². The first-order chi connectivity index (χ1) is 13.0. The van der Waals surface area contributed by atoms with Gasteiger partial charge in [0.2, 0.25) is 16.1 Å². The monoisotopic (exact) mass is 391 g/mol. The number of aryl methyl sites for hydroxylation is 1. The Morgan fingerprint density at radius 3 is 2.78 bits per heavy atom. The predicted octanol–water partition coefficient (Wildman–Crippen LogP) is 0.989. The Morgan fingerprint density at radius 2 is 2.04 bits per heavy atom. The standard InChI is InChI=1S/C19H25N3O4S/c20-27(24,25)16-10-22(11-16)5-2-6-26-15-8-14-7-13-3-1-4-17(13)19(21-12-23)18(14)9-15/h7,15-16H,1-6,8-11H2,(H2,20,24,25). The van der Waals surface area contributed by atoms with Crippen LogP contribution in [0, 0.1) is 0 Å². The van der Waals surface area contributed by atoms with Crippen LogP contribution in [0.15, 0.2) is 11.1 Å². The number of primary sulfonamides is 1. The number of sulfonamides is 1. The number of nitrogens with two attached hydrogens (primary N) is 1. The molecule has 7 nitrogen and oxygen atoms in total. The Bertz CT molecular complexity index is 887. The third-order valence-corrected chi connectivity index (χ3v) is 7.19. The number of carbonyl (C=O) groups excluding carboxylic acids is 1. The van der Waals surface area contributed by atoms with Crippen LogP contribution in [0.25, 0.3) is 0 Å². The summed E-state index contributed by atoms with van der Waals surface area (Å²) in [5.74, 6) is 0. The molecule has 0 saturated carbocycles. The SMILES string of the molecule is NS(=O)(=O)C1CN(CCCOC2Cc3cc4c(c(N=C=O)c3C2)CCC4)C1. The van der Waals surface area contributed by atoms with Crippen molar-refractivity contribution in [3.63, 3.8) is 0 Å². The Hall–Kier alpha value is -1.57. The van der Waals surface area contributed by atoms with Gasteiger partial charge in [-0.05, 0) is 54.4 Å². The Labute approximate surface area is 159 Å². The lowest BCUT2D eigenvalue weighted by Gasteiger charge is -2.37. The van der Waals surface area contributed by atoms with Crippen molar-refractivity contribution < 1.29 is 17.9 Å². The van der Waals surface area contributed by atoms with E-state index in [1.165, 1.54) is 16.7 Å². The summed E-state index contributed by atoms with van der Waals surface area (Å²) in [6.45, 7) is 2.50. The van der Waals surface area contributed by atoms with Crippen LogP contribution in [0.4, 0.5) is 5.69 Å². The number of aliphatic imine (C=N–C) groups is 1. The number of isocyanates is 1. The highest BCUT2D eigenvalue weighted by Gasteiger charge is 2.34. The van der Waals surface area contributed by atoms with Crippen molar-refractivity contribution in [2.24, 2.45) is 10.1 Å². The molecule has 3 aliphatic rings. The number of ether oxygens (including phenoxy) is 1. The van der Waals surface area contributed by atoms with E-state index < -0.39 is 15.3 Å². The number of nitrogens with zero attached hydrogens (tertiary/aromatic N) is 2. The molecule has 0 radical (unpaired) electrons. The molecule has 0 bridgehead atoms. The third-order valence-electron chi connectivity index (χ3n) is 5.97. The molecule has 0 aromatic heterocycles. The molecule has 27 heavy (non-hydrogen) atoms. The van der Waals surface area contributed by atoms with Gasteiger partial charge in [0, 0.05) is 32.7 Å². The molecule has 1 aromatic rings. The fourth-order valence-corrected chi connectivity index (χ4v) is 5.37. The highest BCUT2D eigenvalue weighted by Crippen LogP contribution is 2.40. The van der Waals surface area contributed by atoms with Gasteiger partial charge in [-0.15, -0.1) is 0 Å². The summed E-state index contributed by atoms with van der Waals surface area (Å²) in [6.07, 6.45) is 7.54. The van der Waals surface area contributed by atoms with Crippen molar-refractivity contribution in [2.45, 2.75) is 49.9 Å². The molecule has 1 atom stereocenters. The van der Waals surface area contributed by atoms with E-state index in [-0.39, 0.29) is 6.10 Å². The summed E-state index contributed by atoms with van der Waals surface area (Å²) in [5.41, 5.74) is 5.80. The molecule has 146 valence electrons. The van der Waals surface area contributed by atoms with Crippen LogP contribution in [-0.4, -0.2) is 57.0 Å². The Balaban J connectivity index is 1.27. The van der Waals surface area contributed by atoms with E-state index in [1.807, 2.05) is 0 Å². The van der Waals surface area contributed by atoms with Crippen LogP contribution in [-0.2, 0) is 45.2 Å². The first kappa shape index (κ1) is 18.8. The van der Waals surface area contributed by atoms with Gasteiger partial charge in [-0.1, -0.05) is 6.07 Å². The predicted molar refractivity (Wildman–Crippen MR) is 101 cm³/mol. The molecule has 4 rings (SSSR count). The van der Waals surface area contributed by atoms with Crippen molar-refractivity contribution in [1.29, 1.82) is 0 Å². The van der Waals surface area contributed by atoms with E-state index in [0.717, 1.165) is 56.3 Å². The molecule has 0 amide bonds. The van der Waals surface area contributed by atoms with Crippen molar-refractivity contribution in [2.75, 3.05) is 26.2 Å². The maximum Gasteiger partial charge on any atom is 0.240 e. The number of likely N-dealkylation sites (tertiary alicyclic amines) is 1. The lowest BCUT2D eigenvalue weighted by Crippen LogP contribution is -2.56. The lowest BCUT2D eigenvalue weighted by atomic mass is 9.99. The van der Waals surface area contributed by atoms with Gasteiger partial charge in [0.15, 0.2) is 0 Å². The van der Waals surface area contributed by atoms with E-state index >= 15 is 0 Å². The third kappa shape index (κ3) is 3.86. The quantitative estimate of drug-likeness (QED) is 0.424. The largest absolute Gasteiger partial charge is 0.377 e. The zero-order valence-electron chi connectivity index (χ0n) is 15.3. The van der Waals surface area contributed by atoms with Gasteiger partial charge in [0.05, 0.1) is 11.8 Å². The summed E-state index contributed by atoms with van der Waals surface area (Å²) in [7, 11) is -3.40. The van der Waals surface area contributed by atoms with Crippen molar-refractivity contribution in [3.8, 4) is 0 Å². The Morgan fingerprint density at radius 1 is 1.22 bits per heavy atom. The van der Waals surface area contributed by atoms with Gasteiger partial charge < -0.3 is 9.64 Å². The molecule has 8 heteroatoms. The van der Waals surface area contributed by atoms with Gasteiger partial charge in [0.1, 0.15) is 5.25 Å². The number of benzene rings is 1. The highest BCUT2D eigenvalue weighted by atomic mass is 32.2. The van der Waals surface area contributed by atoms with Gasteiger partial charge in [-0.3, -0.25) is 0 Å². The topological polar surface area (TPSA) is 102 Å². The normalized spacial score (nSPS) is 22.2. The van der Waals surface area contributed by atoms with Crippen LogP contribution in [0.5, 0.6) is 0 Å². The fraction of sp³-hybridized carbons (Fsp3) is 0.632. The molecule has 2 aliphatic carbocycles. The van der Waals surface area contributed by atoms with E-state index in [1.54, 1.807) is 6.08 Å². The molecule has 1 aliphatic heterocycles. The second-order valence-corrected chi connectivity index (χ2v) is 9.63. The van der Waals surface area contributed by atoms with E-state index in [4.69, 9.17) is 9.88 Å². The zero-order chi connectivity index (χ0) is 19.0. The van der Waals surface area contributed by atoms with Crippen molar-refractivity contribution in [1.82, 2.24) is 4.90 Å². The average molecular weight is 391 g/mol. The summed E-state index contributed by atoms with van der Waals surface area (Å²) < 4.78 is 28.5. The molecule has 1 unspecified atom stereocenters. The minimum absolute atomic E-state index is 0.122. The van der Waals surface area contributed by atoms with E-state index in [9.17, 15) is 13.2 Å². The van der Waals surface area contributed by atoms with Crippen LogP contribution in [0.1, 0.15) is 35.1 Å². The fourth-order valence-electron chi connectivity index (χ4n) is 4.53. The second kappa shape index (κ2) is 7.45. The van der Waals surface area contributed by atoms with Gasteiger partial charge in [0.25, 0.3) is 0 Å². The highest BCUT2D eigenvalue weighted by molar-refractivity contribution is 7.89. The maximum atomic E-state index is 11.2. The van der Waals surface area contributed by atoms with Crippen molar-refractivity contribution in [3.05, 3.63) is 28.3 Å². The second-order valence-electron chi connectivity index (χ2n) is 7.78. The zero-order valence-corrected chi connectivity index (χ0v) is 16.1. The van der Waals surface area contributed by atoms with Crippen LogP contribution >= 0.6 is 0 Å². The van der Waals surface area contributed by atoms with Crippen molar-refractivity contribution >= 4 is 21.8 Å². The van der Waals surface area contributed by atoms with E-state index in [0.29, 0.717) is 19.7 Å².